The normalized spacial score (nSPS) is 29.5. The van der Waals surface area contributed by atoms with Crippen LogP contribution in [-0.2, 0) is 19.7 Å². The van der Waals surface area contributed by atoms with Crippen molar-refractivity contribution >= 4 is 11.6 Å². The summed E-state index contributed by atoms with van der Waals surface area (Å²) in [5.41, 5.74) is 3.10. The number of carbonyl (C=O) groups is 1. The lowest BCUT2D eigenvalue weighted by molar-refractivity contribution is -0.142. The zero-order valence-electron chi connectivity index (χ0n) is 16.1. The van der Waals surface area contributed by atoms with Crippen LogP contribution in [0.3, 0.4) is 0 Å². The maximum atomic E-state index is 12.7. The fourth-order valence-electron chi connectivity index (χ4n) is 5.49. The van der Waals surface area contributed by atoms with E-state index in [0.29, 0.717) is 5.92 Å². The van der Waals surface area contributed by atoms with Crippen LogP contribution >= 0.6 is 0 Å². The molecule has 0 saturated carbocycles. The minimum absolute atomic E-state index is 0.186. The molecule has 0 bridgehead atoms. The molecule has 3 fully saturated rings. The SMILES string of the molecule is O=C([C@@H]1CCCO1)N1CCC2(CC1)CN(CC1CCOC1)c1ccccc12. The Balaban J connectivity index is 1.30. The number of amides is 1. The monoisotopic (exact) mass is 370 g/mol. The number of hydrogen-bond acceptors (Lipinski definition) is 4. The highest BCUT2D eigenvalue weighted by Crippen LogP contribution is 2.47. The fourth-order valence-corrected chi connectivity index (χ4v) is 5.49. The Labute approximate surface area is 161 Å². The van der Waals surface area contributed by atoms with E-state index in [-0.39, 0.29) is 17.4 Å². The van der Waals surface area contributed by atoms with Gasteiger partial charge in [-0.25, -0.2) is 0 Å². The minimum atomic E-state index is -0.186. The molecular weight excluding hydrogens is 340 g/mol. The Kier molecular flexibility index (Phi) is 4.60. The van der Waals surface area contributed by atoms with Gasteiger partial charge in [-0.2, -0.15) is 0 Å². The Morgan fingerprint density at radius 1 is 1.15 bits per heavy atom. The number of para-hydroxylation sites is 1. The molecule has 1 amide bonds. The van der Waals surface area contributed by atoms with Crippen LogP contribution in [0.15, 0.2) is 24.3 Å². The van der Waals surface area contributed by atoms with Crippen LogP contribution in [-0.4, -0.2) is 62.9 Å². The highest BCUT2D eigenvalue weighted by Gasteiger charge is 2.46. The largest absolute Gasteiger partial charge is 0.381 e. The molecule has 2 atom stereocenters. The zero-order chi connectivity index (χ0) is 18.3. The van der Waals surface area contributed by atoms with E-state index >= 15 is 0 Å². The summed E-state index contributed by atoms with van der Waals surface area (Å²) >= 11 is 0. The summed E-state index contributed by atoms with van der Waals surface area (Å²) in [6.45, 7) is 6.44. The lowest BCUT2D eigenvalue weighted by atomic mass is 9.74. The summed E-state index contributed by atoms with van der Waals surface area (Å²) in [6, 6.07) is 8.93. The average Bonchev–Trinajstić information content (AvgIpc) is 3.45. The second-order valence-electron chi connectivity index (χ2n) is 8.73. The number of carbonyl (C=O) groups excluding carboxylic acids is 1. The first-order valence-electron chi connectivity index (χ1n) is 10.6. The Morgan fingerprint density at radius 3 is 2.74 bits per heavy atom. The number of hydrogen-bond donors (Lipinski definition) is 0. The Hall–Kier alpha value is -1.59. The minimum Gasteiger partial charge on any atom is -0.381 e. The first kappa shape index (κ1) is 17.5. The second-order valence-corrected chi connectivity index (χ2v) is 8.73. The summed E-state index contributed by atoms with van der Waals surface area (Å²) in [4.78, 5) is 17.4. The molecule has 0 aromatic heterocycles. The van der Waals surface area contributed by atoms with Gasteiger partial charge < -0.3 is 19.3 Å². The number of anilines is 1. The van der Waals surface area contributed by atoms with Crippen LogP contribution < -0.4 is 4.90 Å². The van der Waals surface area contributed by atoms with Crippen molar-refractivity contribution < 1.29 is 14.3 Å². The third-order valence-corrected chi connectivity index (χ3v) is 7.05. The van der Waals surface area contributed by atoms with E-state index in [2.05, 4.69) is 34.1 Å². The van der Waals surface area contributed by atoms with Crippen molar-refractivity contribution in [3.8, 4) is 0 Å². The molecule has 146 valence electrons. The molecule has 5 rings (SSSR count). The maximum Gasteiger partial charge on any atom is 0.251 e. The Bertz CT molecular complexity index is 687. The number of rotatable bonds is 3. The van der Waals surface area contributed by atoms with Gasteiger partial charge in [0.1, 0.15) is 6.10 Å². The van der Waals surface area contributed by atoms with Gasteiger partial charge in [-0.1, -0.05) is 18.2 Å². The van der Waals surface area contributed by atoms with Crippen molar-refractivity contribution in [2.75, 3.05) is 50.9 Å². The maximum absolute atomic E-state index is 12.7. The van der Waals surface area contributed by atoms with Gasteiger partial charge in [0.2, 0.25) is 0 Å². The van der Waals surface area contributed by atoms with E-state index in [1.807, 2.05) is 0 Å². The fraction of sp³-hybridized carbons (Fsp3) is 0.682. The van der Waals surface area contributed by atoms with Crippen molar-refractivity contribution in [2.24, 2.45) is 5.92 Å². The number of nitrogens with zero attached hydrogens (tertiary/aromatic N) is 2. The molecule has 4 heterocycles. The van der Waals surface area contributed by atoms with Gasteiger partial charge in [0, 0.05) is 56.4 Å². The van der Waals surface area contributed by atoms with Gasteiger partial charge >= 0.3 is 0 Å². The van der Waals surface area contributed by atoms with Gasteiger partial charge in [-0.15, -0.1) is 0 Å². The van der Waals surface area contributed by atoms with Gasteiger partial charge in [0.15, 0.2) is 0 Å². The van der Waals surface area contributed by atoms with Crippen LogP contribution in [0, 0.1) is 5.92 Å². The van der Waals surface area contributed by atoms with Crippen molar-refractivity contribution in [1.82, 2.24) is 4.90 Å². The van der Waals surface area contributed by atoms with Gasteiger partial charge in [0.05, 0.1) is 6.61 Å². The first-order valence-corrected chi connectivity index (χ1v) is 10.6. The van der Waals surface area contributed by atoms with Gasteiger partial charge in [-0.3, -0.25) is 4.79 Å². The summed E-state index contributed by atoms with van der Waals surface area (Å²) in [5, 5.41) is 0. The van der Waals surface area contributed by atoms with Crippen molar-refractivity contribution in [3.05, 3.63) is 29.8 Å². The third kappa shape index (κ3) is 3.15. The predicted molar refractivity (Wildman–Crippen MR) is 104 cm³/mol. The topological polar surface area (TPSA) is 42.0 Å². The second kappa shape index (κ2) is 7.10. The molecule has 4 aliphatic heterocycles. The van der Waals surface area contributed by atoms with E-state index in [4.69, 9.17) is 9.47 Å². The average molecular weight is 370 g/mol. The molecule has 1 aromatic rings. The van der Waals surface area contributed by atoms with Crippen molar-refractivity contribution in [3.63, 3.8) is 0 Å². The Morgan fingerprint density at radius 2 is 2.00 bits per heavy atom. The summed E-state index contributed by atoms with van der Waals surface area (Å²) < 4.78 is 11.2. The molecule has 27 heavy (non-hydrogen) atoms. The standard InChI is InChI=1S/C22H30N2O3/c25-21(20-6-3-12-27-20)23-10-8-22(9-11-23)16-24(14-17-7-13-26-15-17)19-5-2-1-4-18(19)22/h1-2,4-5,17,20H,3,6-16H2/t17?,20-/m0/s1. The number of likely N-dealkylation sites (tertiary alicyclic amines) is 1. The van der Waals surface area contributed by atoms with E-state index in [9.17, 15) is 4.79 Å². The molecular formula is C22H30N2O3. The number of fused-ring (bicyclic) bond motifs is 2. The van der Waals surface area contributed by atoms with Crippen molar-refractivity contribution in [2.45, 2.75) is 43.6 Å². The molecule has 1 aromatic carbocycles. The number of benzene rings is 1. The van der Waals surface area contributed by atoms with Crippen LogP contribution in [0.2, 0.25) is 0 Å². The summed E-state index contributed by atoms with van der Waals surface area (Å²) in [7, 11) is 0. The lowest BCUT2D eigenvalue weighted by Crippen LogP contribution is -2.50. The predicted octanol–water partition coefficient (Wildman–Crippen LogP) is 2.58. The van der Waals surface area contributed by atoms with Crippen molar-refractivity contribution in [1.29, 1.82) is 0 Å². The van der Waals surface area contributed by atoms with Crippen LogP contribution in [0.4, 0.5) is 5.69 Å². The molecule has 3 saturated heterocycles. The van der Waals surface area contributed by atoms with Crippen LogP contribution in [0.5, 0.6) is 0 Å². The van der Waals surface area contributed by atoms with Gasteiger partial charge in [0.25, 0.3) is 5.91 Å². The molecule has 5 nitrogen and oxygen atoms in total. The highest BCUT2D eigenvalue weighted by molar-refractivity contribution is 5.81. The summed E-state index contributed by atoms with van der Waals surface area (Å²) in [6.07, 6.45) is 5.01. The summed E-state index contributed by atoms with van der Waals surface area (Å²) in [5.74, 6) is 0.864. The molecule has 0 radical (unpaired) electrons. The first-order chi connectivity index (χ1) is 13.3. The third-order valence-electron chi connectivity index (χ3n) is 7.05. The molecule has 1 unspecified atom stereocenters. The smallest absolute Gasteiger partial charge is 0.251 e. The van der Waals surface area contributed by atoms with Gasteiger partial charge in [-0.05, 0) is 43.7 Å². The highest BCUT2D eigenvalue weighted by atomic mass is 16.5. The van der Waals surface area contributed by atoms with E-state index in [1.54, 1.807) is 0 Å². The zero-order valence-corrected chi connectivity index (χ0v) is 16.1. The molecule has 1 spiro atoms. The molecule has 0 N–H and O–H groups in total. The number of ether oxygens (including phenoxy) is 2. The molecule has 5 heteroatoms. The molecule has 4 aliphatic rings. The van der Waals surface area contributed by atoms with Crippen LogP contribution in [0.25, 0.3) is 0 Å². The quantitative estimate of drug-likeness (QED) is 0.820. The molecule has 0 aliphatic carbocycles. The van der Waals surface area contributed by atoms with Crippen LogP contribution in [0.1, 0.15) is 37.7 Å². The lowest BCUT2D eigenvalue weighted by Gasteiger charge is -2.40. The van der Waals surface area contributed by atoms with E-state index in [1.165, 1.54) is 17.7 Å². The van der Waals surface area contributed by atoms with E-state index in [0.717, 1.165) is 71.7 Å². The number of piperidine rings is 1. The van der Waals surface area contributed by atoms with E-state index < -0.39 is 0 Å².